The van der Waals surface area contributed by atoms with Gasteiger partial charge in [0.2, 0.25) is 0 Å². The molecule has 2 N–H and O–H groups in total. The average Bonchev–Trinajstić information content (AvgIpc) is 2.84. The van der Waals surface area contributed by atoms with Gasteiger partial charge in [0.05, 0.1) is 6.61 Å². The molecule has 1 aromatic heterocycles. The molecule has 1 aliphatic heterocycles. The highest BCUT2D eigenvalue weighted by molar-refractivity contribution is 5.83. The van der Waals surface area contributed by atoms with Crippen LogP contribution >= 0.6 is 0 Å². The van der Waals surface area contributed by atoms with E-state index in [1.165, 1.54) is 10.8 Å². The molecule has 0 bridgehead atoms. The van der Waals surface area contributed by atoms with Gasteiger partial charge in [-0.2, -0.15) is 0 Å². The third-order valence-electron chi connectivity index (χ3n) is 3.26. The Labute approximate surface area is 116 Å². The lowest BCUT2D eigenvalue weighted by atomic mass is 9.99. The molecule has 0 aliphatic carbocycles. The number of rotatable bonds is 5. The summed E-state index contributed by atoms with van der Waals surface area (Å²) in [6.07, 6.45) is 3.41. The lowest BCUT2D eigenvalue weighted by Crippen LogP contribution is -2.48. The Balaban J connectivity index is 2.29. The van der Waals surface area contributed by atoms with Crippen molar-refractivity contribution in [1.82, 2.24) is 9.55 Å². The van der Waals surface area contributed by atoms with Crippen LogP contribution in [0.1, 0.15) is 20.3 Å². The first-order valence-corrected chi connectivity index (χ1v) is 6.59. The number of carboxylic acid groups (broad SMARTS) is 1. The summed E-state index contributed by atoms with van der Waals surface area (Å²) in [5.41, 5.74) is -1.57. The quantitative estimate of drug-likeness (QED) is 0.819. The summed E-state index contributed by atoms with van der Waals surface area (Å²) in [4.78, 5) is 27.7. The van der Waals surface area contributed by atoms with Crippen molar-refractivity contribution in [2.75, 3.05) is 18.5 Å². The number of anilines is 1. The number of hydrogen-bond donors (Lipinski definition) is 2. The van der Waals surface area contributed by atoms with Gasteiger partial charge in [0.25, 0.3) is 5.56 Å². The van der Waals surface area contributed by atoms with Gasteiger partial charge in [0.15, 0.2) is 11.4 Å². The van der Waals surface area contributed by atoms with Crippen molar-refractivity contribution in [3.05, 3.63) is 22.7 Å². The summed E-state index contributed by atoms with van der Waals surface area (Å²) in [5.74, 6) is -0.664. The summed E-state index contributed by atoms with van der Waals surface area (Å²) in [6, 6.07) is 0. The van der Waals surface area contributed by atoms with Crippen molar-refractivity contribution in [2.24, 2.45) is 5.92 Å². The number of carbonyl (C=O) groups is 1. The molecule has 1 unspecified atom stereocenters. The van der Waals surface area contributed by atoms with Crippen LogP contribution < -0.4 is 10.9 Å². The van der Waals surface area contributed by atoms with E-state index in [0.29, 0.717) is 25.5 Å². The standard InChI is InChI=1S/C13H19N3O4/c1-9(2)7-16-5-4-14-10(11(16)17)15-13(12(18)19)3-6-20-8-13/h4-5,9H,3,6-8H2,1-2H3,(H,14,15)(H,18,19). The second-order valence-electron chi connectivity index (χ2n) is 5.44. The number of nitrogens with zero attached hydrogens (tertiary/aromatic N) is 2. The second kappa shape index (κ2) is 5.62. The molecule has 1 aliphatic rings. The zero-order valence-electron chi connectivity index (χ0n) is 11.6. The molecule has 2 rings (SSSR count). The van der Waals surface area contributed by atoms with E-state index in [1.807, 2.05) is 13.8 Å². The van der Waals surface area contributed by atoms with Crippen LogP contribution in [0.15, 0.2) is 17.2 Å². The summed E-state index contributed by atoms with van der Waals surface area (Å²) in [7, 11) is 0. The number of aliphatic carboxylic acids is 1. The van der Waals surface area contributed by atoms with E-state index in [0.717, 1.165) is 0 Å². The van der Waals surface area contributed by atoms with Crippen LogP contribution in [0.5, 0.6) is 0 Å². The molecule has 0 radical (unpaired) electrons. The van der Waals surface area contributed by atoms with Gasteiger partial charge in [-0.15, -0.1) is 0 Å². The summed E-state index contributed by atoms with van der Waals surface area (Å²) in [5, 5.41) is 12.1. The predicted molar refractivity (Wildman–Crippen MR) is 72.8 cm³/mol. The van der Waals surface area contributed by atoms with Crippen LogP contribution in [0.2, 0.25) is 0 Å². The fraction of sp³-hybridized carbons (Fsp3) is 0.615. The highest BCUT2D eigenvalue weighted by Gasteiger charge is 2.43. The van der Waals surface area contributed by atoms with Gasteiger partial charge in [-0.25, -0.2) is 9.78 Å². The minimum Gasteiger partial charge on any atom is -0.479 e. The maximum Gasteiger partial charge on any atom is 0.331 e. The minimum absolute atomic E-state index is 0.0303. The summed E-state index contributed by atoms with van der Waals surface area (Å²) in [6.45, 7) is 4.95. The highest BCUT2D eigenvalue weighted by Crippen LogP contribution is 2.22. The molecule has 0 saturated carbocycles. The molecule has 0 amide bonds. The molecule has 7 nitrogen and oxygen atoms in total. The average molecular weight is 281 g/mol. The number of carboxylic acids is 1. The van der Waals surface area contributed by atoms with Crippen LogP contribution in [0.3, 0.4) is 0 Å². The fourth-order valence-electron chi connectivity index (χ4n) is 2.18. The minimum atomic E-state index is -1.26. The van der Waals surface area contributed by atoms with Gasteiger partial charge in [-0.1, -0.05) is 13.8 Å². The lowest BCUT2D eigenvalue weighted by Gasteiger charge is -2.24. The topological polar surface area (TPSA) is 93.5 Å². The van der Waals surface area contributed by atoms with E-state index >= 15 is 0 Å². The van der Waals surface area contributed by atoms with Gasteiger partial charge < -0.3 is 19.7 Å². The van der Waals surface area contributed by atoms with Crippen molar-refractivity contribution in [2.45, 2.75) is 32.4 Å². The van der Waals surface area contributed by atoms with Gasteiger partial charge >= 0.3 is 5.97 Å². The SMILES string of the molecule is CC(C)Cn1ccnc(NC2(C(=O)O)CCOC2)c1=O. The molecular formula is C13H19N3O4. The van der Waals surface area contributed by atoms with Crippen LogP contribution in [-0.4, -0.2) is 39.4 Å². The summed E-state index contributed by atoms with van der Waals surface area (Å²) < 4.78 is 6.68. The molecule has 0 aromatic carbocycles. The summed E-state index contributed by atoms with van der Waals surface area (Å²) >= 11 is 0. The Hall–Kier alpha value is -1.89. The van der Waals surface area contributed by atoms with E-state index in [-0.39, 0.29) is 18.0 Å². The zero-order valence-corrected chi connectivity index (χ0v) is 11.6. The molecule has 1 atom stereocenters. The van der Waals surface area contributed by atoms with Gasteiger partial charge in [-0.3, -0.25) is 4.79 Å². The van der Waals surface area contributed by atoms with E-state index in [4.69, 9.17) is 4.74 Å². The molecule has 20 heavy (non-hydrogen) atoms. The Morgan fingerprint density at radius 2 is 2.40 bits per heavy atom. The van der Waals surface area contributed by atoms with Crippen molar-refractivity contribution in [1.29, 1.82) is 0 Å². The number of nitrogens with one attached hydrogen (secondary N) is 1. The number of ether oxygens (including phenoxy) is 1. The van der Waals surface area contributed by atoms with Crippen LogP contribution in [-0.2, 0) is 16.1 Å². The Kier molecular flexibility index (Phi) is 4.08. The van der Waals surface area contributed by atoms with Gasteiger partial charge in [-0.05, 0) is 5.92 Å². The van der Waals surface area contributed by atoms with Crippen LogP contribution in [0.4, 0.5) is 5.82 Å². The lowest BCUT2D eigenvalue weighted by molar-refractivity contribution is -0.142. The smallest absolute Gasteiger partial charge is 0.331 e. The van der Waals surface area contributed by atoms with Gasteiger partial charge in [0.1, 0.15) is 0 Å². The maximum atomic E-state index is 12.3. The molecule has 110 valence electrons. The van der Waals surface area contributed by atoms with Crippen molar-refractivity contribution in [3.8, 4) is 0 Å². The monoisotopic (exact) mass is 281 g/mol. The maximum absolute atomic E-state index is 12.3. The molecular weight excluding hydrogens is 262 g/mol. The molecule has 1 aromatic rings. The first-order valence-electron chi connectivity index (χ1n) is 6.59. The number of hydrogen-bond acceptors (Lipinski definition) is 5. The third-order valence-corrected chi connectivity index (χ3v) is 3.26. The molecule has 7 heteroatoms. The third kappa shape index (κ3) is 2.82. The predicted octanol–water partition coefficient (Wildman–Crippen LogP) is 0.555. The van der Waals surface area contributed by atoms with Gasteiger partial charge in [0, 0.05) is 32.0 Å². The Morgan fingerprint density at radius 1 is 1.65 bits per heavy atom. The van der Waals surface area contributed by atoms with Crippen molar-refractivity contribution in [3.63, 3.8) is 0 Å². The van der Waals surface area contributed by atoms with Crippen LogP contribution in [0, 0.1) is 5.92 Å². The van der Waals surface area contributed by atoms with E-state index in [2.05, 4.69) is 10.3 Å². The Bertz CT molecular complexity index is 547. The van der Waals surface area contributed by atoms with Crippen molar-refractivity contribution < 1.29 is 14.6 Å². The van der Waals surface area contributed by atoms with E-state index < -0.39 is 11.5 Å². The molecule has 0 spiro atoms. The van der Waals surface area contributed by atoms with E-state index in [1.54, 1.807) is 6.20 Å². The Morgan fingerprint density at radius 3 is 2.95 bits per heavy atom. The highest BCUT2D eigenvalue weighted by atomic mass is 16.5. The zero-order chi connectivity index (χ0) is 14.8. The first kappa shape index (κ1) is 14.5. The fourth-order valence-corrected chi connectivity index (χ4v) is 2.18. The second-order valence-corrected chi connectivity index (χ2v) is 5.44. The molecule has 2 heterocycles. The van der Waals surface area contributed by atoms with E-state index in [9.17, 15) is 14.7 Å². The van der Waals surface area contributed by atoms with Crippen LogP contribution in [0.25, 0.3) is 0 Å². The first-order chi connectivity index (χ1) is 9.44. The number of aromatic nitrogens is 2. The largest absolute Gasteiger partial charge is 0.479 e. The van der Waals surface area contributed by atoms with Crippen molar-refractivity contribution >= 4 is 11.8 Å². The molecule has 1 fully saturated rings. The molecule has 1 saturated heterocycles. The normalized spacial score (nSPS) is 22.1.